The molecule has 1 fully saturated rings. The van der Waals surface area contributed by atoms with Gasteiger partial charge in [-0.1, -0.05) is 30.3 Å². The average molecular weight is 775 g/mol. The molecule has 14 heteroatoms. The van der Waals surface area contributed by atoms with Gasteiger partial charge in [0.2, 0.25) is 11.2 Å². The summed E-state index contributed by atoms with van der Waals surface area (Å²) >= 11 is 2.80. The Morgan fingerprint density at radius 3 is 2.26 bits per heavy atom. The Kier molecular flexibility index (Phi) is 12.8. The maximum atomic E-state index is 12.9. The first-order valence-corrected chi connectivity index (χ1v) is 19.7. The van der Waals surface area contributed by atoms with E-state index in [1.54, 1.807) is 36.2 Å². The number of hydrogen-bond donors (Lipinski definition) is 5. The standard InChI is InChI=1S/C40H46N4O8S2/c1-43(27-9-13-29(14-10-27)52-40(39(49)50,34-5-3-21-53-34)35-6-4-22-54-35)19-20-44(2)37(48)25-51-28-11-7-26(8-12-28)23-41-24-33(46)30-15-17-32(45)38-31(30)16-18-36(47)42-38/h3-8,11-12,15-18,21-22,27,29,33,41,45-46H,9-10,13-14,19-20,23-25H2,1-2H3,(H,42,47)(H,49,50)/t27-,29-,33-/m0/s1. The lowest BCUT2D eigenvalue weighted by molar-refractivity contribution is -0.170. The molecular formula is C40H46N4O8S2. The van der Waals surface area contributed by atoms with Crippen LogP contribution in [0.25, 0.3) is 10.9 Å². The molecule has 5 aromatic rings. The third kappa shape index (κ3) is 9.03. The molecule has 0 spiro atoms. The maximum Gasteiger partial charge on any atom is 0.347 e. The molecule has 286 valence electrons. The number of carbonyl (C=O) groups is 2. The summed E-state index contributed by atoms with van der Waals surface area (Å²) in [6, 6.07) is 21.1. The van der Waals surface area contributed by atoms with Crippen LogP contribution in [-0.4, -0.2) is 94.5 Å². The number of benzene rings is 2. The fourth-order valence-corrected chi connectivity index (χ4v) is 8.71. The highest BCUT2D eigenvalue weighted by Crippen LogP contribution is 2.42. The number of aliphatic carboxylic acids is 1. The van der Waals surface area contributed by atoms with Gasteiger partial charge >= 0.3 is 5.97 Å². The molecular weight excluding hydrogens is 729 g/mol. The van der Waals surface area contributed by atoms with E-state index in [0.717, 1.165) is 31.2 Å². The number of phenolic OH excluding ortho intramolecular Hbond substituents is 1. The second-order valence-electron chi connectivity index (χ2n) is 13.6. The molecule has 1 amide bonds. The molecule has 1 saturated carbocycles. The number of nitrogens with zero attached hydrogens (tertiary/aromatic N) is 2. The Balaban J connectivity index is 0.905. The van der Waals surface area contributed by atoms with E-state index in [1.165, 1.54) is 34.8 Å². The van der Waals surface area contributed by atoms with Crippen LogP contribution in [0.1, 0.15) is 52.7 Å². The summed E-state index contributed by atoms with van der Waals surface area (Å²) in [5, 5.41) is 38.9. The summed E-state index contributed by atoms with van der Waals surface area (Å²) in [5.74, 6) is -0.603. The quantitative estimate of drug-likeness (QED) is 0.0837. The normalized spacial score (nSPS) is 16.7. The van der Waals surface area contributed by atoms with E-state index in [0.29, 0.717) is 57.6 Å². The summed E-state index contributed by atoms with van der Waals surface area (Å²) in [6.45, 7) is 1.89. The van der Waals surface area contributed by atoms with Crippen LogP contribution in [-0.2, 0) is 26.5 Å². The van der Waals surface area contributed by atoms with E-state index in [-0.39, 0.29) is 36.5 Å². The molecule has 0 radical (unpaired) electrons. The van der Waals surface area contributed by atoms with E-state index in [9.17, 15) is 29.7 Å². The van der Waals surface area contributed by atoms with Gasteiger partial charge in [-0.15, -0.1) is 22.7 Å². The Morgan fingerprint density at radius 2 is 1.63 bits per heavy atom. The fourth-order valence-electron chi connectivity index (χ4n) is 6.90. The topological polar surface area (TPSA) is 165 Å². The van der Waals surface area contributed by atoms with E-state index >= 15 is 0 Å². The number of rotatable bonds is 17. The third-order valence-electron chi connectivity index (χ3n) is 10.1. The number of aliphatic hydroxyl groups is 1. The van der Waals surface area contributed by atoms with E-state index in [2.05, 4.69) is 22.2 Å². The van der Waals surface area contributed by atoms with E-state index < -0.39 is 17.7 Å². The zero-order chi connectivity index (χ0) is 38.2. The number of ether oxygens (including phenoxy) is 2. The molecule has 3 heterocycles. The summed E-state index contributed by atoms with van der Waals surface area (Å²) in [6.07, 6.45) is 2.21. The van der Waals surface area contributed by atoms with Crippen molar-refractivity contribution in [3.05, 3.63) is 115 Å². The number of amides is 1. The first kappa shape index (κ1) is 39.1. The lowest BCUT2D eigenvalue weighted by atomic mass is 9.90. The van der Waals surface area contributed by atoms with Crippen LogP contribution in [0.5, 0.6) is 11.5 Å². The van der Waals surface area contributed by atoms with Crippen molar-refractivity contribution in [3.8, 4) is 11.5 Å². The van der Waals surface area contributed by atoms with Crippen molar-refractivity contribution in [1.29, 1.82) is 0 Å². The second-order valence-corrected chi connectivity index (χ2v) is 15.5. The van der Waals surface area contributed by atoms with Crippen LogP contribution in [0, 0.1) is 0 Å². The highest BCUT2D eigenvalue weighted by molar-refractivity contribution is 7.12. The molecule has 5 N–H and O–H groups in total. The number of H-pyrrole nitrogens is 1. The van der Waals surface area contributed by atoms with Crippen molar-refractivity contribution in [2.45, 2.75) is 56.1 Å². The van der Waals surface area contributed by atoms with Crippen molar-refractivity contribution in [1.82, 2.24) is 20.1 Å². The van der Waals surface area contributed by atoms with Crippen molar-refractivity contribution >= 4 is 45.5 Å². The van der Waals surface area contributed by atoms with Gasteiger partial charge < -0.3 is 44.9 Å². The number of aromatic nitrogens is 1. The Labute approximate surface area is 321 Å². The molecule has 6 rings (SSSR count). The molecule has 1 atom stereocenters. The van der Waals surface area contributed by atoms with Gasteiger partial charge in [0.05, 0.1) is 27.5 Å². The largest absolute Gasteiger partial charge is 0.506 e. The monoisotopic (exact) mass is 774 g/mol. The minimum atomic E-state index is -1.50. The van der Waals surface area contributed by atoms with Crippen molar-refractivity contribution in [3.63, 3.8) is 0 Å². The zero-order valence-corrected chi connectivity index (χ0v) is 31.9. The second kappa shape index (κ2) is 17.7. The van der Waals surface area contributed by atoms with Gasteiger partial charge in [-0.2, -0.15) is 0 Å². The first-order chi connectivity index (χ1) is 26.0. The molecule has 0 unspecified atom stereocenters. The first-order valence-electron chi connectivity index (χ1n) is 17.9. The lowest BCUT2D eigenvalue weighted by Crippen LogP contribution is -2.45. The van der Waals surface area contributed by atoms with E-state index in [4.69, 9.17) is 9.47 Å². The number of pyridine rings is 1. The Hall–Kier alpha value is -4.57. The maximum absolute atomic E-state index is 12.9. The van der Waals surface area contributed by atoms with E-state index in [1.807, 2.05) is 47.2 Å². The number of carbonyl (C=O) groups excluding carboxylic acids is 1. The number of hydrogen-bond acceptors (Lipinski definition) is 11. The molecule has 0 aliphatic heterocycles. The molecule has 2 aromatic carbocycles. The number of fused-ring (bicyclic) bond motifs is 1. The number of thiophene rings is 2. The lowest BCUT2D eigenvalue weighted by Gasteiger charge is -2.38. The van der Waals surface area contributed by atoms with Crippen LogP contribution in [0.3, 0.4) is 0 Å². The molecule has 54 heavy (non-hydrogen) atoms. The van der Waals surface area contributed by atoms with Gasteiger partial charge in [-0.3, -0.25) is 9.59 Å². The summed E-state index contributed by atoms with van der Waals surface area (Å²) in [4.78, 5) is 45.2. The number of likely N-dealkylation sites (N-methyl/N-ethyl adjacent to an activating group) is 2. The van der Waals surface area contributed by atoms with Crippen LogP contribution in [0.15, 0.2) is 88.4 Å². The van der Waals surface area contributed by atoms with Gasteiger partial charge in [-0.05, 0) is 91.0 Å². The Bertz CT molecular complexity index is 2010. The van der Waals surface area contributed by atoms with Crippen LogP contribution < -0.4 is 15.6 Å². The highest BCUT2D eigenvalue weighted by atomic mass is 32.1. The van der Waals surface area contributed by atoms with Crippen molar-refractivity contribution in [2.75, 3.05) is 40.3 Å². The van der Waals surface area contributed by atoms with Crippen LogP contribution >= 0.6 is 22.7 Å². The fraction of sp³-hybridized carbons (Fsp3) is 0.375. The predicted octanol–water partition coefficient (Wildman–Crippen LogP) is 5.31. The number of aromatic amines is 1. The van der Waals surface area contributed by atoms with Crippen LogP contribution in [0.4, 0.5) is 0 Å². The van der Waals surface area contributed by atoms with Crippen molar-refractivity contribution < 1.29 is 34.4 Å². The number of carboxylic acid groups (broad SMARTS) is 1. The summed E-state index contributed by atoms with van der Waals surface area (Å²) in [5.41, 5.74) is 0.0154. The van der Waals surface area contributed by atoms with Crippen molar-refractivity contribution in [2.24, 2.45) is 0 Å². The molecule has 0 saturated heterocycles. The SMILES string of the molecule is CN(CCN(C)[C@H]1CC[C@H](OC(C(=O)O)(c2cccs2)c2cccs2)CC1)C(=O)COc1ccc(CNC[C@H](O)c2ccc(O)c3[nH]c(=O)ccc23)cc1. The summed E-state index contributed by atoms with van der Waals surface area (Å²) in [7, 11) is 3.84. The minimum Gasteiger partial charge on any atom is -0.506 e. The van der Waals surface area contributed by atoms with Crippen LogP contribution in [0.2, 0.25) is 0 Å². The number of phenols is 1. The van der Waals surface area contributed by atoms with Gasteiger partial charge in [0, 0.05) is 50.7 Å². The van der Waals surface area contributed by atoms with Gasteiger partial charge in [0.15, 0.2) is 6.61 Å². The molecule has 3 aromatic heterocycles. The molecule has 1 aliphatic carbocycles. The minimum absolute atomic E-state index is 0.0560. The number of nitrogens with one attached hydrogen (secondary N) is 2. The molecule has 12 nitrogen and oxygen atoms in total. The highest BCUT2D eigenvalue weighted by Gasteiger charge is 2.48. The Morgan fingerprint density at radius 1 is 0.944 bits per heavy atom. The smallest absolute Gasteiger partial charge is 0.347 e. The molecule has 1 aliphatic rings. The number of carboxylic acids is 1. The average Bonchev–Trinajstić information content (AvgIpc) is 3.92. The molecule has 0 bridgehead atoms. The van der Waals surface area contributed by atoms with Gasteiger partial charge in [0.1, 0.15) is 11.5 Å². The zero-order valence-electron chi connectivity index (χ0n) is 30.3. The van der Waals surface area contributed by atoms with Gasteiger partial charge in [-0.25, -0.2) is 4.79 Å². The van der Waals surface area contributed by atoms with Gasteiger partial charge in [0.25, 0.3) is 5.91 Å². The summed E-state index contributed by atoms with van der Waals surface area (Å²) < 4.78 is 12.3. The number of aromatic hydroxyl groups is 1. The third-order valence-corrected chi connectivity index (χ3v) is 12.0. The predicted molar refractivity (Wildman–Crippen MR) is 209 cm³/mol. The number of aliphatic hydroxyl groups excluding tert-OH is 1.